The molecule has 5 rings (SSSR count). The van der Waals surface area contributed by atoms with Crippen molar-refractivity contribution in [2.75, 3.05) is 19.8 Å². The Bertz CT molecular complexity index is 1160. The summed E-state index contributed by atoms with van der Waals surface area (Å²) in [5.41, 5.74) is 7.64. The van der Waals surface area contributed by atoms with E-state index < -0.39 is 11.6 Å². The molecule has 9 N–H and O–H groups in total. The maximum Gasteiger partial charge on any atom is 0.306 e. The van der Waals surface area contributed by atoms with Gasteiger partial charge in [0.25, 0.3) is 0 Å². The predicted molar refractivity (Wildman–Crippen MR) is 182 cm³/mol. The van der Waals surface area contributed by atoms with E-state index in [0.717, 1.165) is 90.3 Å². The molecule has 4 heterocycles. The van der Waals surface area contributed by atoms with Gasteiger partial charge in [0.1, 0.15) is 12.6 Å². The highest BCUT2D eigenvalue weighted by molar-refractivity contribution is 5.68. The van der Waals surface area contributed by atoms with Crippen molar-refractivity contribution >= 4 is 12.2 Å². The van der Waals surface area contributed by atoms with Crippen LogP contribution in [0.3, 0.4) is 0 Å². The molecule has 0 aromatic heterocycles. The average Bonchev–Trinajstić information content (AvgIpc) is 3.52. The number of nitrogens with one attached hydrogen (secondary N) is 4. The maximum absolute atomic E-state index is 11.7. The molecule has 0 spiro atoms. The first-order valence-electron chi connectivity index (χ1n) is 18.0. The molecule has 0 saturated carbocycles. The van der Waals surface area contributed by atoms with Crippen molar-refractivity contribution in [2.24, 2.45) is 16.6 Å². The molecule has 10 nitrogen and oxygen atoms in total. The van der Waals surface area contributed by atoms with Crippen molar-refractivity contribution in [3.05, 3.63) is 35.4 Å². The maximum atomic E-state index is 11.7. The molecule has 4 bridgehead atoms. The number of piperidine rings is 2. The standard InChI is InChI=1S/C36H60N6O4/c1-25-32(43)19-31(42-15-14-38-24-42)30(40-25)12-11-26-8-5-3-4-6-13-36(46,22-34(44)45)23-39-35(2)20-29(41-33(37)21-35)18-28-10-7-9-27(16-26)17-28/h7,9-10,14,17,25-26,29-33,39-41,43,46H,3-6,8,11-13,15-16,18-24,37H2,1-2H3,(H,44,45)/p+1. The lowest BCUT2D eigenvalue weighted by molar-refractivity contribution is -0.914. The minimum Gasteiger partial charge on any atom is -0.481 e. The quantitative estimate of drug-likeness (QED) is 0.233. The number of aliphatic imine (C=N–C) groups is 1. The fourth-order valence-corrected chi connectivity index (χ4v) is 8.84. The van der Waals surface area contributed by atoms with Gasteiger partial charge in [-0.1, -0.05) is 56.4 Å². The van der Waals surface area contributed by atoms with E-state index in [4.69, 9.17) is 5.73 Å². The molecule has 2 saturated heterocycles. The summed E-state index contributed by atoms with van der Waals surface area (Å²) in [7, 11) is 0. The van der Waals surface area contributed by atoms with Crippen LogP contribution in [0.5, 0.6) is 0 Å². The van der Waals surface area contributed by atoms with Crippen LogP contribution in [0.1, 0.15) is 102 Å². The van der Waals surface area contributed by atoms with Crippen LogP contribution in [0.4, 0.5) is 0 Å². The Morgan fingerprint density at radius 3 is 2.65 bits per heavy atom. The lowest BCUT2D eigenvalue weighted by atomic mass is 9.80. The van der Waals surface area contributed by atoms with Crippen LogP contribution < -0.4 is 26.6 Å². The van der Waals surface area contributed by atoms with Gasteiger partial charge in [0, 0.05) is 30.6 Å². The Kier molecular flexibility index (Phi) is 12.3. The molecule has 4 aliphatic rings. The molecule has 10 unspecified atom stereocenters. The Morgan fingerprint density at radius 1 is 1.11 bits per heavy atom. The number of β-amino-alcohol motifs (C(OH)–C–C–N with tert-alkyl or cyclic N) is 1. The topological polar surface area (TPSA) is 157 Å². The number of aliphatic hydroxyl groups is 2. The van der Waals surface area contributed by atoms with Crippen molar-refractivity contribution in [3.8, 4) is 0 Å². The third-order valence-electron chi connectivity index (χ3n) is 11.4. The van der Waals surface area contributed by atoms with Gasteiger partial charge in [0.15, 0.2) is 6.67 Å². The summed E-state index contributed by atoms with van der Waals surface area (Å²) >= 11 is 0. The molecule has 4 aliphatic heterocycles. The summed E-state index contributed by atoms with van der Waals surface area (Å²) in [6, 6.07) is 10.1. The van der Waals surface area contributed by atoms with Crippen LogP contribution >= 0.6 is 0 Å². The molecule has 0 radical (unpaired) electrons. The van der Waals surface area contributed by atoms with Gasteiger partial charge in [-0.15, -0.1) is 0 Å². The number of nitrogens with zero attached hydrogens (tertiary/aromatic N) is 1. The van der Waals surface area contributed by atoms with Crippen LogP contribution in [-0.4, -0.2) is 94.8 Å². The minimum absolute atomic E-state index is 0.101. The van der Waals surface area contributed by atoms with Gasteiger partial charge >= 0.3 is 5.97 Å². The Morgan fingerprint density at radius 2 is 1.89 bits per heavy atom. The first-order chi connectivity index (χ1) is 22.0. The first-order valence-corrected chi connectivity index (χ1v) is 18.0. The minimum atomic E-state index is -1.28. The monoisotopic (exact) mass is 641 g/mol. The van der Waals surface area contributed by atoms with E-state index in [2.05, 4.69) is 59.1 Å². The third-order valence-corrected chi connectivity index (χ3v) is 11.4. The van der Waals surface area contributed by atoms with E-state index in [1.54, 1.807) is 0 Å². The number of quaternary nitrogens is 1. The highest BCUT2D eigenvalue weighted by Gasteiger charge is 2.41. The smallest absolute Gasteiger partial charge is 0.306 e. The van der Waals surface area contributed by atoms with Gasteiger partial charge in [-0.25, -0.2) is 4.99 Å². The highest BCUT2D eigenvalue weighted by atomic mass is 16.4. The molecule has 258 valence electrons. The number of carboxylic acid groups (broad SMARTS) is 1. The lowest BCUT2D eigenvalue weighted by Crippen LogP contribution is -3.16. The normalized spacial score (nSPS) is 39.8. The number of rotatable bonds is 6. The van der Waals surface area contributed by atoms with Gasteiger partial charge in [0.05, 0.1) is 36.5 Å². The van der Waals surface area contributed by atoms with Crippen molar-refractivity contribution in [2.45, 2.75) is 151 Å². The molecule has 10 atom stereocenters. The molecule has 0 aliphatic carbocycles. The molecule has 1 aromatic carbocycles. The van der Waals surface area contributed by atoms with Gasteiger partial charge in [-0.3, -0.25) is 10.1 Å². The van der Waals surface area contributed by atoms with Crippen LogP contribution in [0.25, 0.3) is 0 Å². The largest absolute Gasteiger partial charge is 0.481 e. The second-order valence-electron chi connectivity index (χ2n) is 15.6. The van der Waals surface area contributed by atoms with Crippen LogP contribution in [0.2, 0.25) is 0 Å². The average molecular weight is 642 g/mol. The van der Waals surface area contributed by atoms with Crippen LogP contribution in [-0.2, 0) is 17.6 Å². The molecule has 46 heavy (non-hydrogen) atoms. The number of benzene rings is 1. The van der Waals surface area contributed by atoms with E-state index in [-0.39, 0.29) is 42.9 Å². The van der Waals surface area contributed by atoms with Crippen molar-refractivity contribution in [3.63, 3.8) is 0 Å². The molecular formula is C36H61N6O4+. The number of hydrogen-bond acceptors (Lipinski definition) is 8. The van der Waals surface area contributed by atoms with Crippen molar-refractivity contribution in [1.82, 2.24) is 16.0 Å². The number of fused-ring (bicyclic) bond motifs is 4. The number of carbonyl (C=O) groups is 1. The lowest BCUT2D eigenvalue weighted by Gasteiger charge is -2.44. The number of hydrogen-bond donors (Lipinski definition) is 8. The first kappa shape index (κ1) is 35.4. The van der Waals surface area contributed by atoms with Crippen molar-refractivity contribution in [1.29, 1.82) is 0 Å². The van der Waals surface area contributed by atoms with Crippen molar-refractivity contribution < 1.29 is 25.0 Å². The van der Waals surface area contributed by atoms with E-state index in [0.29, 0.717) is 24.4 Å². The van der Waals surface area contributed by atoms with Gasteiger partial charge in [-0.2, -0.15) is 0 Å². The van der Waals surface area contributed by atoms with E-state index in [9.17, 15) is 20.1 Å². The highest BCUT2D eigenvalue weighted by Crippen LogP contribution is 2.30. The summed E-state index contributed by atoms with van der Waals surface area (Å²) < 4.78 is 0. The zero-order valence-corrected chi connectivity index (χ0v) is 28.2. The Balaban J connectivity index is 1.31. The number of aliphatic carboxylic acids is 1. The predicted octanol–water partition coefficient (Wildman–Crippen LogP) is 1.52. The number of carboxylic acids is 1. The molecule has 1 aromatic rings. The van der Waals surface area contributed by atoms with Crippen LogP contribution in [0, 0.1) is 5.92 Å². The Hall–Kier alpha value is -1.92. The number of nitrogens with two attached hydrogens (primary N) is 1. The summed E-state index contributed by atoms with van der Waals surface area (Å²) in [5, 5.41) is 42.7. The third kappa shape index (κ3) is 10.0. The Labute approximate surface area is 276 Å². The second kappa shape index (κ2) is 16.0. The molecular weight excluding hydrogens is 580 g/mol. The zero-order chi connectivity index (χ0) is 32.7. The SMILES string of the molecule is CC1NC(CCC2CCCCCCC(O)(CC(=O)O)CNC3(C)CC(N)NC(Cc4cccc(c4)C2)C3)C([NH+]2CC=NC2)CC1O. The number of aliphatic hydroxyl groups excluding tert-OH is 1. The van der Waals surface area contributed by atoms with E-state index in [1.807, 2.05) is 6.21 Å². The van der Waals surface area contributed by atoms with E-state index in [1.165, 1.54) is 16.0 Å². The van der Waals surface area contributed by atoms with Gasteiger partial charge < -0.3 is 36.6 Å². The molecule has 10 heteroatoms. The fourth-order valence-electron chi connectivity index (χ4n) is 8.84. The zero-order valence-electron chi connectivity index (χ0n) is 28.2. The summed E-state index contributed by atoms with van der Waals surface area (Å²) in [4.78, 5) is 17.7. The fraction of sp³-hybridized carbons (Fsp3) is 0.778. The van der Waals surface area contributed by atoms with Gasteiger partial charge in [-0.05, 0) is 75.8 Å². The summed E-state index contributed by atoms with van der Waals surface area (Å²) in [6.45, 7) is 6.27. The van der Waals surface area contributed by atoms with Crippen LogP contribution in [0.15, 0.2) is 29.3 Å². The van der Waals surface area contributed by atoms with E-state index >= 15 is 0 Å². The van der Waals surface area contributed by atoms with Gasteiger partial charge in [0.2, 0.25) is 0 Å². The molecule has 0 amide bonds. The summed E-state index contributed by atoms with van der Waals surface area (Å²) in [5.74, 6) is -0.405. The second-order valence-corrected chi connectivity index (χ2v) is 15.6. The molecule has 2 fully saturated rings. The summed E-state index contributed by atoms with van der Waals surface area (Å²) in [6.07, 6.45) is 13.5.